The van der Waals surface area contributed by atoms with E-state index in [2.05, 4.69) is 0 Å². The number of non-ortho nitro benzene ring substituents is 1. The molecule has 2 amide bonds. The van der Waals surface area contributed by atoms with Gasteiger partial charge in [0.2, 0.25) is 17.6 Å². The molecule has 0 unspecified atom stereocenters. The molecule has 2 fully saturated rings. The molecule has 4 atom stereocenters. The maximum absolute atomic E-state index is 13.7. The molecular formula is C25H17N3O6. The topological polar surface area (TPSA) is 114 Å². The zero-order chi connectivity index (χ0) is 23.6. The van der Waals surface area contributed by atoms with Crippen LogP contribution in [0.3, 0.4) is 0 Å². The first-order valence-corrected chi connectivity index (χ1v) is 10.7. The van der Waals surface area contributed by atoms with Crippen LogP contribution in [0.1, 0.15) is 27.7 Å². The van der Waals surface area contributed by atoms with Crippen molar-refractivity contribution >= 4 is 35.0 Å². The quantitative estimate of drug-likeness (QED) is 0.256. The fourth-order valence-corrected chi connectivity index (χ4v) is 5.40. The first-order valence-electron chi connectivity index (χ1n) is 10.7. The number of nitrogens with zero attached hydrogens (tertiary/aromatic N) is 3. The van der Waals surface area contributed by atoms with E-state index in [0.717, 1.165) is 16.0 Å². The van der Waals surface area contributed by atoms with E-state index >= 15 is 0 Å². The molecule has 9 heteroatoms. The standard InChI is InChI=1S/C25H17N3O6/c29-23(18-6-3-13-34-18)22-20-19(21-17-5-2-1-4-14(17)11-12-26(21)22)24(30)27(25(20)31)15-7-9-16(10-8-15)28(32)33/h1-13,19-22H/t19-,20-,21+,22+/m1/s1. The fraction of sp³-hybridized carbons (Fsp3) is 0.160. The van der Waals surface area contributed by atoms with Crippen molar-refractivity contribution in [2.45, 2.75) is 12.1 Å². The predicted molar refractivity (Wildman–Crippen MR) is 119 cm³/mol. The van der Waals surface area contributed by atoms with Gasteiger partial charge in [0.25, 0.3) is 5.69 Å². The van der Waals surface area contributed by atoms with Gasteiger partial charge in [-0.05, 0) is 41.5 Å². The molecule has 2 aromatic carbocycles. The molecule has 0 radical (unpaired) electrons. The smallest absolute Gasteiger partial charge is 0.269 e. The summed E-state index contributed by atoms with van der Waals surface area (Å²) in [4.78, 5) is 54.3. The van der Waals surface area contributed by atoms with Crippen molar-refractivity contribution in [2.24, 2.45) is 11.8 Å². The third-order valence-electron chi connectivity index (χ3n) is 6.81. The number of ketones is 1. The number of hydrogen-bond acceptors (Lipinski definition) is 7. The Morgan fingerprint density at radius 1 is 0.941 bits per heavy atom. The summed E-state index contributed by atoms with van der Waals surface area (Å²) >= 11 is 0. The van der Waals surface area contributed by atoms with E-state index in [9.17, 15) is 24.5 Å². The number of fused-ring (bicyclic) bond motifs is 5. The Hall–Kier alpha value is -4.53. The molecule has 3 aliphatic heterocycles. The van der Waals surface area contributed by atoms with Gasteiger partial charge in [-0.3, -0.25) is 24.5 Å². The van der Waals surface area contributed by atoms with Crippen molar-refractivity contribution in [3.8, 4) is 0 Å². The lowest BCUT2D eigenvalue weighted by Gasteiger charge is -2.35. The number of anilines is 1. The minimum atomic E-state index is -0.930. The molecule has 4 heterocycles. The van der Waals surface area contributed by atoms with E-state index in [-0.39, 0.29) is 22.9 Å². The first kappa shape index (κ1) is 20.1. The largest absolute Gasteiger partial charge is 0.461 e. The number of carbonyl (C=O) groups is 3. The van der Waals surface area contributed by atoms with Crippen LogP contribution < -0.4 is 4.90 Å². The van der Waals surface area contributed by atoms with E-state index in [1.165, 1.54) is 30.5 Å². The molecule has 0 spiro atoms. The summed E-state index contributed by atoms with van der Waals surface area (Å²) in [5, 5.41) is 11.0. The Kier molecular flexibility index (Phi) is 4.28. The van der Waals surface area contributed by atoms with Gasteiger partial charge in [-0.1, -0.05) is 24.3 Å². The summed E-state index contributed by atoms with van der Waals surface area (Å²) in [5.41, 5.74) is 1.88. The number of rotatable bonds is 4. The van der Waals surface area contributed by atoms with Crippen LogP contribution in [0.25, 0.3) is 6.08 Å². The summed E-state index contributed by atoms with van der Waals surface area (Å²) < 4.78 is 5.34. The number of benzene rings is 2. The minimum Gasteiger partial charge on any atom is -0.461 e. The predicted octanol–water partition coefficient (Wildman–Crippen LogP) is 3.59. The van der Waals surface area contributed by atoms with Gasteiger partial charge in [-0.25, -0.2) is 4.90 Å². The van der Waals surface area contributed by atoms with E-state index in [1.54, 1.807) is 23.2 Å². The molecule has 34 heavy (non-hydrogen) atoms. The lowest BCUT2D eigenvalue weighted by molar-refractivity contribution is -0.384. The second-order valence-corrected chi connectivity index (χ2v) is 8.46. The summed E-state index contributed by atoms with van der Waals surface area (Å²) in [6.07, 6.45) is 5.04. The summed E-state index contributed by atoms with van der Waals surface area (Å²) in [5.74, 6) is -2.92. The molecule has 0 saturated carbocycles. The molecule has 2 saturated heterocycles. The molecule has 3 aliphatic rings. The van der Waals surface area contributed by atoms with Crippen LogP contribution in [0, 0.1) is 22.0 Å². The second kappa shape index (κ2) is 7.24. The van der Waals surface area contributed by atoms with Crippen LogP contribution in [-0.2, 0) is 9.59 Å². The Morgan fingerprint density at radius 3 is 2.38 bits per heavy atom. The number of amides is 2. The number of nitro groups is 1. The van der Waals surface area contributed by atoms with Gasteiger partial charge in [0.1, 0.15) is 6.04 Å². The van der Waals surface area contributed by atoms with Crippen LogP contribution in [0.15, 0.2) is 77.5 Å². The van der Waals surface area contributed by atoms with Crippen LogP contribution >= 0.6 is 0 Å². The van der Waals surface area contributed by atoms with Gasteiger partial charge < -0.3 is 9.32 Å². The third-order valence-corrected chi connectivity index (χ3v) is 6.81. The average Bonchev–Trinajstić information content (AvgIpc) is 3.55. The number of nitro benzene ring substituents is 1. The number of furan rings is 1. The van der Waals surface area contributed by atoms with Crippen molar-refractivity contribution in [3.05, 3.63) is 100 Å². The van der Waals surface area contributed by atoms with Gasteiger partial charge >= 0.3 is 0 Å². The lowest BCUT2D eigenvalue weighted by atomic mass is 9.84. The molecular weight excluding hydrogens is 438 g/mol. The maximum Gasteiger partial charge on any atom is 0.269 e. The summed E-state index contributed by atoms with van der Waals surface area (Å²) in [6, 6.07) is 14.6. The van der Waals surface area contributed by atoms with Crippen molar-refractivity contribution in [1.29, 1.82) is 0 Å². The highest BCUT2D eigenvalue weighted by Crippen LogP contribution is 2.53. The molecule has 0 bridgehead atoms. The number of imide groups is 1. The van der Waals surface area contributed by atoms with Gasteiger partial charge in [-0.2, -0.15) is 0 Å². The number of hydrogen-bond donors (Lipinski definition) is 0. The van der Waals surface area contributed by atoms with Gasteiger partial charge in [0, 0.05) is 18.3 Å². The highest BCUT2D eigenvalue weighted by molar-refractivity contribution is 6.24. The summed E-state index contributed by atoms with van der Waals surface area (Å²) in [7, 11) is 0. The Bertz CT molecular complexity index is 1380. The third kappa shape index (κ3) is 2.70. The maximum atomic E-state index is 13.7. The van der Waals surface area contributed by atoms with E-state index in [1.807, 2.05) is 30.3 Å². The monoisotopic (exact) mass is 455 g/mol. The lowest BCUT2D eigenvalue weighted by Crippen LogP contribution is -2.44. The van der Waals surface area contributed by atoms with Crippen LogP contribution in [0.5, 0.6) is 0 Å². The zero-order valence-electron chi connectivity index (χ0n) is 17.6. The Balaban J connectivity index is 1.47. The molecule has 0 N–H and O–H groups in total. The zero-order valence-corrected chi connectivity index (χ0v) is 17.6. The van der Waals surface area contributed by atoms with Gasteiger partial charge in [0.05, 0.1) is 34.8 Å². The van der Waals surface area contributed by atoms with E-state index in [0.29, 0.717) is 0 Å². The average molecular weight is 455 g/mol. The second-order valence-electron chi connectivity index (χ2n) is 8.46. The van der Waals surface area contributed by atoms with Gasteiger partial charge in [0.15, 0.2) is 5.76 Å². The Morgan fingerprint density at radius 2 is 1.68 bits per heavy atom. The highest BCUT2D eigenvalue weighted by Gasteiger charge is 2.64. The Labute approximate surface area is 193 Å². The molecule has 9 nitrogen and oxygen atoms in total. The van der Waals surface area contributed by atoms with Crippen molar-refractivity contribution in [3.63, 3.8) is 0 Å². The number of Topliss-reactive ketones (excluding diaryl/α,β-unsaturated/α-hetero) is 1. The van der Waals surface area contributed by atoms with Crippen LogP contribution in [-0.4, -0.2) is 33.5 Å². The molecule has 0 aliphatic carbocycles. The van der Waals surface area contributed by atoms with Crippen LogP contribution in [0.2, 0.25) is 0 Å². The molecule has 1 aromatic heterocycles. The normalized spacial score (nSPS) is 24.7. The summed E-state index contributed by atoms with van der Waals surface area (Å²) in [6.45, 7) is 0. The fourth-order valence-electron chi connectivity index (χ4n) is 5.40. The highest BCUT2D eigenvalue weighted by atomic mass is 16.6. The minimum absolute atomic E-state index is 0.116. The van der Waals surface area contributed by atoms with E-state index < -0.39 is 40.7 Å². The van der Waals surface area contributed by atoms with Crippen molar-refractivity contribution in [2.75, 3.05) is 4.90 Å². The van der Waals surface area contributed by atoms with Gasteiger partial charge in [-0.15, -0.1) is 0 Å². The SMILES string of the molecule is O=C(c1ccco1)[C@@H]1[C@@H]2C(=O)N(c3ccc([N+](=O)[O-])cc3)C(=O)[C@H]2[C@@H]2c3ccccc3C=CN12. The molecule has 168 valence electrons. The molecule has 6 rings (SSSR count). The first-order chi connectivity index (χ1) is 16.5. The molecule has 3 aromatic rings. The number of carbonyl (C=O) groups excluding carboxylic acids is 3. The van der Waals surface area contributed by atoms with Crippen LogP contribution in [0.4, 0.5) is 11.4 Å². The van der Waals surface area contributed by atoms with E-state index in [4.69, 9.17) is 4.42 Å². The van der Waals surface area contributed by atoms with Crippen molar-refractivity contribution in [1.82, 2.24) is 4.90 Å². The van der Waals surface area contributed by atoms with Crippen molar-refractivity contribution < 1.29 is 23.7 Å².